The van der Waals surface area contributed by atoms with Gasteiger partial charge in [0.1, 0.15) is 17.9 Å². The van der Waals surface area contributed by atoms with Crippen molar-refractivity contribution in [2.24, 2.45) is 0 Å². The third-order valence-corrected chi connectivity index (χ3v) is 8.70. The first-order valence-electron chi connectivity index (χ1n) is 12.8. The summed E-state index contributed by atoms with van der Waals surface area (Å²) in [5.41, 5.74) is 1.73. The molecule has 3 aromatic rings. The van der Waals surface area contributed by atoms with E-state index in [-0.39, 0.29) is 25.2 Å². The fourth-order valence-electron chi connectivity index (χ4n) is 4.76. The highest BCUT2D eigenvalue weighted by Gasteiger charge is 2.49. The van der Waals surface area contributed by atoms with E-state index in [4.69, 9.17) is 18.5 Å². The maximum Gasteiger partial charge on any atom is 0.359 e. The van der Waals surface area contributed by atoms with E-state index in [0.717, 1.165) is 16.7 Å². The molecule has 198 valence electrons. The summed E-state index contributed by atoms with van der Waals surface area (Å²) in [5.74, 6) is -1.000. The van der Waals surface area contributed by atoms with Crippen molar-refractivity contribution in [3.63, 3.8) is 0 Å². The van der Waals surface area contributed by atoms with Crippen molar-refractivity contribution in [3.8, 4) is 0 Å². The Hall–Kier alpha value is -2.34. The van der Waals surface area contributed by atoms with E-state index < -0.39 is 31.3 Å². The summed E-state index contributed by atoms with van der Waals surface area (Å²) in [6.45, 7) is 7.03. The number of benzene rings is 3. The van der Waals surface area contributed by atoms with E-state index in [0.29, 0.717) is 0 Å². The van der Waals surface area contributed by atoms with Gasteiger partial charge in [0, 0.05) is 6.42 Å². The van der Waals surface area contributed by atoms with Gasteiger partial charge in [-0.3, -0.25) is 4.57 Å². The predicted octanol–water partition coefficient (Wildman–Crippen LogP) is 7.49. The smallest absolute Gasteiger partial charge is 0.358 e. The Kier molecular flexibility index (Phi) is 8.99. The van der Waals surface area contributed by atoms with Crippen LogP contribution in [0.4, 0.5) is 4.39 Å². The van der Waals surface area contributed by atoms with Crippen molar-refractivity contribution in [2.75, 3.05) is 6.61 Å². The SMILES string of the molecule is CC(C)OP(=O)(OC(C)C)[C@H]1C[C@H](F)[C@@H](COC(c2ccccc2)(c2ccccc2)c2ccccc2)O1. The van der Waals surface area contributed by atoms with Crippen LogP contribution in [-0.2, 0) is 28.7 Å². The van der Waals surface area contributed by atoms with Gasteiger partial charge < -0.3 is 18.5 Å². The first-order chi connectivity index (χ1) is 17.7. The Bertz CT molecular complexity index is 1050. The summed E-state index contributed by atoms with van der Waals surface area (Å²) < 4.78 is 53.1. The molecular weight excluding hydrogens is 490 g/mol. The Morgan fingerprint density at radius 1 is 0.811 bits per heavy atom. The Balaban J connectivity index is 1.67. The van der Waals surface area contributed by atoms with Crippen molar-refractivity contribution >= 4 is 7.60 Å². The lowest BCUT2D eigenvalue weighted by Gasteiger charge is -2.37. The zero-order valence-electron chi connectivity index (χ0n) is 21.8. The number of alkyl halides is 1. The summed E-state index contributed by atoms with van der Waals surface area (Å²) >= 11 is 0. The average Bonchev–Trinajstić information content (AvgIpc) is 3.27. The number of rotatable bonds is 11. The minimum absolute atomic E-state index is 0.0558. The van der Waals surface area contributed by atoms with E-state index in [2.05, 4.69) is 0 Å². The van der Waals surface area contributed by atoms with Gasteiger partial charge in [-0.2, -0.15) is 0 Å². The lowest BCUT2D eigenvalue weighted by Crippen LogP contribution is -2.37. The molecule has 5 nitrogen and oxygen atoms in total. The standard InChI is InChI=1S/C30H36FO5P/c1-22(2)35-37(32,36-23(3)4)29-20-27(31)28(34-29)21-33-30(24-14-8-5-9-15-24,25-16-10-6-11-17-25)26-18-12-7-13-19-26/h5-19,22-23,27-29H,20-21H2,1-4H3/t27-,28+,29-/m0/s1. The van der Waals surface area contributed by atoms with Gasteiger partial charge >= 0.3 is 7.60 Å². The average molecular weight is 527 g/mol. The molecule has 1 fully saturated rings. The van der Waals surface area contributed by atoms with E-state index in [9.17, 15) is 4.57 Å². The second kappa shape index (κ2) is 12.0. The van der Waals surface area contributed by atoms with E-state index >= 15 is 4.39 Å². The van der Waals surface area contributed by atoms with Gasteiger partial charge in [0.15, 0.2) is 5.85 Å². The van der Waals surface area contributed by atoms with Crippen molar-refractivity contribution < 1.29 is 27.5 Å². The van der Waals surface area contributed by atoms with Crippen LogP contribution in [0.5, 0.6) is 0 Å². The molecule has 0 radical (unpaired) electrons. The number of hydrogen-bond acceptors (Lipinski definition) is 5. The molecule has 0 saturated carbocycles. The summed E-state index contributed by atoms with van der Waals surface area (Å²) in [7, 11) is -3.71. The zero-order valence-corrected chi connectivity index (χ0v) is 22.7. The molecule has 1 aliphatic heterocycles. The van der Waals surface area contributed by atoms with Gasteiger partial charge in [0.2, 0.25) is 0 Å². The molecule has 3 aromatic carbocycles. The van der Waals surface area contributed by atoms with E-state index in [1.54, 1.807) is 27.7 Å². The topological polar surface area (TPSA) is 54.0 Å². The fraction of sp³-hybridized carbons (Fsp3) is 0.400. The molecule has 0 bridgehead atoms. The Morgan fingerprint density at radius 2 is 1.22 bits per heavy atom. The van der Waals surface area contributed by atoms with Crippen LogP contribution in [0.25, 0.3) is 0 Å². The summed E-state index contributed by atoms with van der Waals surface area (Å²) in [6.07, 6.45) is -3.11. The molecule has 0 N–H and O–H groups in total. The highest BCUT2D eigenvalue weighted by Crippen LogP contribution is 2.59. The van der Waals surface area contributed by atoms with Gasteiger partial charge in [-0.15, -0.1) is 0 Å². The molecule has 1 saturated heterocycles. The summed E-state index contributed by atoms with van der Waals surface area (Å²) in [4.78, 5) is 0. The van der Waals surface area contributed by atoms with Crippen molar-refractivity contribution in [2.45, 2.75) is 70.0 Å². The molecule has 1 heterocycles. The molecule has 37 heavy (non-hydrogen) atoms. The van der Waals surface area contributed by atoms with Gasteiger partial charge in [-0.25, -0.2) is 4.39 Å². The van der Waals surface area contributed by atoms with Crippen LogP contribution < -0.4 is 0 Å². The second-order valence-electron chi connectivity index (χ2n) is 9.82. The largest absolute Gasteiger partial charge is 0.359 e. The highest BCUT2D eigenvalue weighted by atomic mass is 31.2. The van der Waals surface area contributed by atoms with Crippen LogP contribution >= 0.6 is 7.60 Å². The van der Waals surface area contributed by atoms with Crippen LogP contribution in [0.15, 0.2) is 91.0 Å². The number of ether oxygens (including phenoxy) is 2. The van der Waals surface area contributed by atoms with E-state index in [1.807, 2.05) is 91.0 Å². The van der Waals surface area contributed by atoms with Gasteiger partial charge in [-0.1, -0.05) is 91.0 Å². The third-order valence-electron chi connectivity index (χ3n) is 6.24. The summed E-state index contributed by atoms with van der Waals surface area (Å²) in [6, 6.07) is 29.7. The first-order valence-corrected chi connectivity index (χ1v) is 14.4. The normalized spacial score (nSPS) is 20.6. The van der Waals surface area contributed by atoms with Crippen LogP contribution in [0.3, 0.4) is 0 Å². The minimum atomic E-state index is -3.71. The Morgan fingerprint density at radius 3 is 1.59 bits per heavy atom. The highest BCUT2D eigenvalue weighted by molar-refractivity contribution is 7.54. The molecule has 0 aromatic heterocycles. The van der Waals surface area contributed by atoms with Crippen molar-refractivity contribution in [1.29, 1.82) is 0 Å². The van der Waals surface area contributed by atoms with Crippen molar-refractivity contribution in [3.05, 3.63) is 108 Å². The Labute approximate surface area is 219 Å². The lowest BCUT2D eigenvalue weighted by atomic mass is 9.80. The molecular formula is C30H36FO5P. The number of halogens is 1. The molecule has 0 spiro atoms. The molecule has 0 unspecified atom stereocenters. The maximum atomic E-state index is 15.4. The monoisotopic (exact) mass is 526 g/mol. The molecule has 1 aliphatic rings. The van der Waals surface area contributed by atoms with Crippen LogP contribution in [0, 0.1) is 0 Å². The van der Waals surface area contributed by atoms with Gasteiger partial charge in [0.25, 0.3) is 0 Å². The van der Waals surface area contributed by atoms with Crippen LogP contribution in [0.2, 0.25) is 0 Å². The number of hydrogen-bond donors (Lipinski definition) is 0. The van der Waals surface area contributed by atoms with Crippen LogP contribution in [-0.4, -0.2) is 36.9 Å². The van der Waals surface area contributed by atoms with E-state index in [1.165, 1.54) is 0 Å². The molecule has 3 atom stereocenters. The van der Waals surface area contributed by atoms with Gasteiger partial charge in [0.05, 0.1) is 18.8 Å². The molecule has 0 aliphatic carbocycles. The quantitative estimate of drug-likeness (QED) is 0.191. The molecule has 4 rings (SSSR count). The predicted molar refractivity (Wildman–Crippen MR) is 143 cm³/mol. The van der Waals surface area contributed by atoms with Crippen molar-refractivity contribution in [1.82, 2.24) is 0 Å². The lowest BCUT2D eigenvalue weighted by molar-refractivity contribution is -0.0672. The minimum Gasteiger partial charge on any atom is -0.358 e. The second-order valence-corrected chi connectivity index (χ2v) is 11.9. The maximum absolute atomic E-state index is 15.4. The summed E-state index contributed by atoms with van der Waals surface area (Å²) in [5, 5.41) is 0. The third kappa shape index (κ3) is 6.22. The fourth-order valence-corrected chi connectivity index (χ4v) is 7.02. The van der Waals surface area contributed by atoms with Gasteiger partial charge in [-0.05, 0) is 44.4 Å². The molecule has 7 heteroatoms. The zero-order chi connectivity index (χ0) is 26.5. The van der Waals surface area contributed by atoms with Crippen LogP contribution in [0.1, 0.15) is 50.8 Å². The first kappa shape index (κ1) is 27.7. The molecule has 0 amide bonds.